The summed E-state index contributed by atoms with van der Waals surface area (Å²) in [7, 11) is 0. The van der Waals surface area contributed by atoms with Crippen molar-refractivity contribution in [1.29, 1.82) is 10.5 Å². The number of amides is 1. The van der Waals surface area contributed by atoms with Gasteiger partial charge in [0.05, 0.1) is 28.8 Å². The van der Waals surface area contributed by atoms with E-state index < -0.39 is 18.0 Å². The van der Waals surface area contributed by atoms with Crippen LogP contribution in [-0.2, 0) is 9.53 Å². The molecule has 0 saturated heterocycles. The van der Waals surface area contributed by atoms with Crippen LogP contribution >= 0.6 is 0 Å². The molecular formula is C18H13N3O3. The number of nitrogens with zero attached hydrogens (tertiary/aromatic N) is 2. The number of esters is 1. The fourth-order valence-corrected chi connectivity index (χ4v) is 1.91. The number of nitrogens with one attached hydrogen (secondary N) is 1. The van der Waals surface area contributed by atoms with E-state index in [0.29, 0.717) is 16.8 Å². The Bertz CT molecular complexity index is 862. The van der Waals surface area contributed by atoms with Gasteiger partial charge in [-0.05, 0) is 43.3 Å². The molecule has 0 saturated carbocycles. The second kappa shape index (κ2) is 7.57. The van der Waals surface area contributed by atoms with Crippen molar-refractivity contribution in [2.24, 2.45) is 0 Å². The zero-order valence-electron chi connectivity index (χ0n) is 12.8. The van der Waals surface area contributed by atoms with Crippen molar-refractivity contribution in [3.63, 3.8) is 0 Å². The van der Waals surface area contributed by atoms with E-state index in [0.717, 1.165) is 0 Å². The third kappa shape index (κ3) is 4.19. The summed E-state index contributed by atoms with van der Waals surface area (Å²) in [5.74, 6) is -1.21. The van der Waals surface area contributed by atoms with Gasteiger partial charge in [0.25, 0.3) is 5.91 Å². The van der Waals surface area contributed by atoms with E-state index in [4.69, 9.17) is 15.3 Å². The summed E-state index contributed by atoms with van der Waals surface area (Å²) in [6, 6.07) is 16.3. The van der Waals surface area contributed by atoms with E-state index in [-0.39, 0.29) is 5.56 Å². The van der Waals surface area contributed by atoms with Gasteiger partial charge in [-0.25, -0.2) is 4.79 Å². The Balaban J connectivity index is 2.01. The van der Waals surface area contributed by atoms with Gasteiger partial charge < -0.3 is 10.1 Å². The van der Waals surface area contributed by atoms with Crippen LogP contribution in [0.1, 0.15) is 28.4 Å². The molecule has 0 fully saturated rings. The lowest BCUT2D eigenvalue weighted by Crippen LogP contribution is -2.30. The number of hydrogen-bond acceptors (Lipinski definition) is 5. The number of benzene rings is 2. The molecule has 6 nitrogen and oxygen atoms in total. The highest BCUT2D eigenvalue weighted by atomic mass is 16.5. The van der Waals surface area contributed by atoms with Crippen molar-refractivity contribution in [3.05, 3.63) is 65.2 Å². The smallest absolute Gasteiger partial charge is 0.338 e. The Morgan fingerprint density at radius 2 is 1.67 bits per heavy atom. The summed E-state index contributed by atoms with van der Waals surface area (Å²) in [6.45, 7) is 1.44. The van der Waals surface area contributed by atoms with Gasteiger partial charge in [0.15, 0.2) is 6.10 Å². The third-order valence-electron chi connectivity index (χ3n) is 3.14. The Hall–Kier alpha value is -3.64. The van der Waals surface area contributed by atoms with Crippen LogP contribution in [0.2, 0.25) is 0 Å². The van der Waals surface area contributed by atoms with E-state index >= 15 is 0 Å². The molecule has 24 heavy (non-hydrogen) atoms. The van der Waals surface area contributed by atoms with E-state index in [1.807, 2.05) is 12.1 Å². The molecule has 1 amide bonds. The Labute approximate surface area is 138 Å². The minimum atomic E-state index is -1.03. The molecule has 0 aliphatic rings. The lowest BCUT2D eigenvalue weighted by atomic mass is 10.1. The summed E-state index contributed by atoms with van der Waals surface area (Å²) in [5.41, 5.74) is 1.37. The van der Waals surface area contributed by atoms with Crippen LogP contribution in [-0.4, -0.2) is 18.0 Å². The molecule has 0 aliphatic carbocycles. The Morgan fingerprint density at radius 1 is 1.04 bits per heavy atom. The first kappa shape index (κ1) is 16.7. The predicted molar refractivity (Wildman–Crippen MR) is 85.8 cm³/mol. The number of anilines is 1. The average Bonchev–Trinajstić information content (AvgIpc) is 2.61. The highest BCUT2D eigenvalue weighted by Crippen LogP contribution is 2.12. The van der Waals surface area contributed by atoms with Crippen LogP contribution in [0, 0.1) is 22.7 Å². The van der Waals surface area contributed by atoms with E-state index in [9.17, 15) is 9.59 Å². The largest absolute Gasteiger partial charge is 0.449 e. The Kier molecular flexibility index (Phi) is 5.28. The van der Waals surface area contributed by atoms with Gasteiger partial charge in [0, 0.05) is 5.69 Å². The standard InChI is InChI=1S/C18H13N3O3/c1-12(17(22)21-16-7-3-5-14(9-16)11-20)24-18(23)15-6-2-4-13(8-15)10-19/h2-9,12H,1H3,(H,21,22)/t12-/m1/s1. The van der Waals surface area contributed by atoms with Gasteiger partial charge in [-0.1, -0.05) is 12.1 Å². The van der Waals surface area contributed by atoms with Gasteiger partial charge in [0.1, 0.15) is 0 Å². The van der Waals surface area contributed by atoms with Gasteiger partial charge in [-0.2, -0.15) is 10.5 Å². The fraction of sp³-hybridized carbons (Fsp3) is 0.111. The normalized spacial score (nSPS) is 10.8. The quantitative estimate of drug-likeness (QED) is 0.872. The molecule has 1 N–H and O–H groups in total. The molecule has 2 rings (SSSR count). The summed E-state index contributed by atoms with van der Waals surface area (Å²) >= 11 is 0. The van der Waals surface area contributed by atoms with Crippen molar-refractivity contribution < 1.29 is 14.3 Å². The highest BCUT2D eigenvalue weighted by molar-refractivity contribution is 5.97. The minimum Gasteiger partial charge on any atom is -0.449 e. The fourth-order valence-electron chi connectivity index (χ4n) is 1.91. The van der Waals surface area contributed by atoms with Crippen molar-refractivity contribution in [1.82, 2.24) is 0 Å². The average molecular weight is 319 g/mol. The topological polar surface area (TPSA) is 103 Å². The molecule has 118 valence electrons. The van der Waals surface area contributed by atoms with Gasteiger partial charge in [0.2, 0.25) is 0 Å². The summed E-state index contributed by atoms with van der Waals surface area (Å²) in [6.07, 6.45) is -1.03. The zero-order valence-corrected chi connectivity index (χ0v) is 12.8. The molecule has 6 heteroatoms. The highest BCUT2D eigenvalue weighted by Gasteiger charge is 2.19. The van der Waals surface area contributed by atoms with E-state index in [1.54, 1.807) is 30.3 Å². The van der Waals surface area contributed by atoms with Gasteiger partial charge in [-0.3, -0.25) is 4.79 Å². The molecule has 0 aromatic heterocycles. The van der Waals surface area contributed by atoms with Crippen LogP contribution < -0.4 is 5.32 Å². The molecule has 0 bridgehead atoms. The van der Waals surface area contributed by atoms with Crippen molar-refractivity contribution in [2.45, 2.75) is 13.0 Å². The second-order valence-corrected chi connectivity index (χ2v) is 4.92. The minimum absolute atomic E-state index is 0.195. The van der Waals surface area contributed by atoms with Crippen LogP contribution in [0.4, 0.5) is 5.69 Å². The van der Waals surface area contributed by atoms with Gasteiger partial charge >= 0.3 is 5.97 Å². The monoisotopic (exact) mass is 319 g/mol. The van der Waals surface area contributed by atoms with Crippen LogP contribution in [0.5, 0.6) is 0 Å². The van der Waals surface area contributed by atoms with Crippen molar-refractivity contribution >= 4 is 17.6 Å². The second-order valence-electron chi connectivity index (χ2n) is 4.92. The summed E-state index contributed by atoms with van der Waals surface area (Å²) < 4.78 is 5.10. The zero-order chi connectivity index (χ0) is 17.5. The van der Waals surface area contributed by atoms with E-state index in [1.165, 1.54) is 25.1 Å². The maximum atomic E-state index is 12.1. The number of carbonyl (C=O) groups excluding carboxylic acids is 2. The van der Waals surface area contributed by atoms with Crippen LogP contribution in [0.15, 0.2) is 48.5 Å². The van der Waals surface area contributed by atoms with Crippen LogP contribution in [0.3, 0.4) is 0 Å². The molecular weight excluding hydrogens is 306 g/mol. The predicted octanol–water partition coefficient (Wildman–Crippen LogP) is 2.61. The van der Waals surface area contributed by atoms with Crippen LogP contribution in [0.25, 0.3) is 0 Å². The summed E-state index contributed by atoms with van der Waals surface area (Å²) in [4.78, 5) is 24.1. The maximum Gasteiger partial charge on any atom is 0.338 e. The number of hydrogen-bond donors (Lipinski definition) is 1. The molecule has 0 spiro atoms. The lowest BCUT2D eigenvalue weighted by molar-refractivity contribution is -0.123. The van der Waals surface area contributed by atoms with Crippen molar-refractivity contribution in [3.8, 4) is 12.1 Å². The number of carbonyl (C=O) groups is 2. The first-order chi connectivity index (χ1) is 11.5. The number of ether oxygens (including phenoxy) is 1. The molecule has 0 radical (unpaired) electrons. The maximum absolute atomic E-state index is 12.1. The molecule has 0 heterocycles. The lowest BCUT2D eigenvalue weighted by Gasteiger charge is -2.13. The third-order valence-corrected chi connectivity index (χ3v) is 3.14. The first-order valence-electron chi connectivity index (χ1n) is 7.05. The SMILES string of the molecule is C[C@@H](OC(=O)c1cccc(C#N)c1)C(=O)Nc1cccc(C#N)c1. The molecule has 1 atom stereocenters. The van der Waals surface area contributed by atoms with E-state index in [2.05, 4.69) is 5.32 Å². The molecule has 0 unspecified atom stereocenters. The first-order valence-corrected chi connectivity index (χ1v) is 7.05. The number of rotatable bonds is 4. The molecule has 2 aromatic carbocycles. The molecule has 2 aromatic rings. The number of nitriles is 2. The summed E-state index contributed by atoms with van der Waals surface area (Å²) in [5, 5.41) is 20.2. The molecule has 0 aliphatic heterocycles. The van der Waals surface area contributed by atoms with Gasteiger partial charge in [-0.15, -0.1) is 0 Å². The Morgan fingerprint density at radius 3 is 2.33 bits per heavy atom. The van der Waals surface area contributed by atoms with Crippen molar-refractivity contribution in [2.75, 3.05) is 5.32 Å².